The first-order valence-corrected chi connectivity index (χ1v) is 12.0. The number of allylic oxidation sites excluding steroid dienone is 1. The Bertz CT molecular complexity index is 1650. The van der Waals surface area contributed by atoms with E-state index < -0.39 is 6.04 Å². The molecule has 0 saturated heterocycles. The lowest BCUT2D eigenvalue weighted by molar-refractivity contribution is -0.113. The maximum atomic E-state index is 13.7. The highest BCUT2D eigenvalue weighted by molar-refractivity contribution is 7.07. The minimum absolute atomic E-state index is 0.284. The third kappa shape index (κ3) is 4.50. The second-order valence-electron chi connectivity index (χ2n) is 8.23. The van der Waals surface area contributed by atoms with E-state index in [9.17, 15) is 14.0 Å². The van der Waals surface area contributed by atoms with Gasteiger partial charge in [0.1, 0.15) is 11.6 Å². The van der Waals surface area contributed by atoms with E-state index in [1.807, 2.05) is 42.5 Å². The van der Waals surface area contributed by atoms with Crippen molar-refractivity contribution in [1.29, 1.82) is 0 Å². The molecule has 1 amide bonds. The average Bonchev–Trinajstić information content (AvgIpc) is 3.19. The van der Waals surface area contributed by atoms with Crippen LogP contribution in [0.15, 0.2) is 99.9 Å². The molecule has 1 aromatic heterocycles. The summed E-state index contributed by atoms with van der Waals surface area (Å²) in [6.45, 7) is 1.77. The summed E-state index contributed by atoms with van der Waals surface area (Å²) < 4.78 is 20.8. The summed E-state index contributed by atoms with van der Waals surface area (Å²) >= 11 is 1.23. The lowest BCUT2D eigenvalue weighted by Crippen LogP contribution is -2.40. The minimum Gasteiger partial charge on any atom is -0.497 e. The van der Waals surface area contributed by atoms with Crippen LogP contribution in [0.3, 0.4) is 0 Å². The molecule has 180 valence electrons. The molecule has 1 N–H and O–H groups in total. The van der Waals surface area contributed by atoms with Gasteiger partial charge in [-0.2, -0.15) is 0 Å². The van der Waals surface area contributed by atoms with Crippen LogP contribution in [0.25, 0.3) is 6.08 Å². The number of rotatable bonds is 5. The molecule has 0 aliphatic carbocycles. The van der Waals surface area contributed by atoms with Gasteiger partial charge < -0.3 is 10.1 Å². The van der Waals surface area contributed by atoms with Gasteiger partial charge in [-0.1, -0.05) is 53.8 Å². The summed E-state index contributed by atoms with van der Waals surface area (Å²) in [5.74, 6) is -0.0853. The van der Waals surface area contributed by atoms with Crippen LogP contribution in [0.4, 0.5) is 10.1 Å². The van der Waals surface area contributed by atoms with Crippen LogP contribution in [-0.2, 0) is 4.79 Å². The van der Waals surface area contributed by atoms with Crippen LogP contribution in [-0.4, -0.2) is 17.6 Å². The van der Waals surface area contributed by atoms with Crippen LogP contribution in [0, 0.1) is 5.82 Å². The molecule has 6 nitrogen and oxygen atoms in total. The van der Waals surface area contributed by atoms with Crippen molar-refractivity contribution < 1.29 is 13.9 Å². The fourth-order valence-electron chi connectivity index (χ4n) is 4.17. The van der Waals surface area contributed by atoms with Crippen LogP contribution < -0.4 is 24.9 Å². The standard InChI is InChI=1S/C28H22FN3O3S/c1-17-24(26(33)31-21-8-4-3-5-9-21)25(19-7-6-10-22(16-19)35-2)32-27(34)23(36-28(32)30-17)15-18-11-13-20(29)14-12-18/h3-16,25H,1-2H3,(H,31,33)/b23-15-/t25-/m1/s1. The van der Waals surface area contributed by atoms with Crippen LogP contribution in [0.1, 0.15) is 24.1 Å². The number of halogens is 1. The van der Waals surface area contributed by atoms with Gasteiger partial charge in [-0.3, -0.25) is 14.2 Å². The number of aromatic nitrogens is 1. The molecule has 1 atom stereocenters. The first-order valence-electron chi connectivity index (χ1n) is 11.2. The molecule has 4 aromatic rings. The molecule has 36 heavy (non-hydrogen) atoms. The Hall–Kier alpha value is -4.30. The van der Waals surface area contributed by atoms with Gasteiger partial charge >= 0.3 is 0 Å². The molecule has 0 spiro atoms. The Kier molecular flexibility index (Phi) is 6.35. The molecule has 0 fully saturated rings. The predicted octanol–water partition coefficient (Wildman–Crippen LogP) is 4.02. The number of ether oxygens (including phenoxy) is 1. The van der Waals surface area contributed by atoms with E-state index in [1.54, 1.807) is 48.9 Å². The van der Waals surface area contributed by atoms with Crippen molar-refractivity contribution in [3.05, 3.63) is 127 Å². The van der Waals surface area contributed by atoms with E-state index in [0.717, 1.165) is 5.56 Å². The van der Waals surface area contributed by atoms with Gasteiger partial charge in [0.05, 0.1) is 29.0 Å². The Morgan fingerprint density at radius 2 is 1.83 bits per heavy atom. The van der Waals surface area contributed by atoms with E-state index in [0.29, 0.717) is 37.6 Å². The predicted molar refractivity (Wildman–Crippen MR) is 138 cm³/mol. The number of carbonyl (C=O) groups excluding carboxylic acids is 1. The molecule has 5 rings (SSSR count). The third-order valence-corrected chi connectivity index (χ3v) is 6.86. The van der Waals surface area contributed by atoms with Crippen LogP contribution in [0.5, 0.6) is 5.75 Å². The second kappa shape index (κ2) is 9.75. The number of nitrogens with one attached hydrogen (secondary N) is 1. The van der Waals surface area contributed by atoms with Crippen LogP contribution >= 0.6 is 11.3 Å². The van der Waals surface area contributed by atoms with Crippen molar-refractivity contribution in [2.45, 2.75) is 13.0 Å². The van der Waals surface area contributed by atoms with Crippen molar-refractivity contribution in [1.82, 2.24) is 4.57 Å². The van der Waals surface area contributed by atoms with Crippen molar-refractivity contribution in [2.75, 3.05) is 12.4 Å². The number of amides is 1. The van der Waals surface area contributed by atoms with Gasteiger partial charge in [-0.05, 0) is 60.5 Å². The maximum absolute atomic E-state index is 13.7. The second-order valence-corrected chi connectivity index (χ2v) is 9.24. The summed E-state index contributed by atoms with van der Waals surface area (Å²) in [5.41, 5.74) is 2.65. The first-order chi connectivity index (χ1) is 17.4. The van der Waals surface area contributed by atoms with Gasteiger partial charge in [0.25, 0.3) is 11.5 Å². The quantitative estimate of drug-likeness (QED) is 0.451. The largest absolute Gasteiger partial charge is 0.497 e. The minimum atomic E-state index is -0.713. The number of hydrogen-bond donors (Lipinski definition) is 1. The monoisotopic (exact) mass is 499 g/mol. The Balaban J connectivity index is 1.68. The number of thiazole rings is 1. The smallest absolute Gasteiger partial charge is 0.271 e. The van der Waals surface area contributed by atoms with Crippen molar-refractivity contribution >= 4 is 29.0 Å². The summed E-state index contributed by atoms with van der Waals surface area (Å²) in [7, 11) is 1.57. The number of anilines is 1. The van der Waals surface area contributed by atoms with Gasteiger partial charge in [0.2, 0.25) is 0 Å². The normalized spacial score (nSPS) is 15.3. The molecule has 3 aromatic carbocycles. The molecule has 0 radical (unpaired) electrons. The molecule has 2 heterocycles. The number of hydrogen-bond acceptors (Lipinski definition) is 5. The highest BCUT2D eigenvalue weighted by Crippen LogP contribution is 2.32. The third-order valence-electron chi connectivity index (χ3n) is 5.88. The van der Waals surface area contributed by atoms with Crippen molar-refractivity contribution in [3.8, 4) is 5.75 Å². The highest BCUT2D eigenvalue weighted by atomic mass is 32.1. The van der Waals surface area contributed by atoms with Gasteiger partial charge in [-0.15, -0.1) is 0 Å². The zero-order valence-corrected chi connectivity index (χ0v) is 20.4. The molecule has 1 aliphatic rings. The Morgan fingerprint density at radius 3 is 2.56 bits per heavy atom. The van der Waals surface area contributed by atoms with E-state index in [1.165, 1.54) is 23.5 Å². The number of carbonyl (C=O) groups is 1. The Morgan fingerprint density at radius 1 is 1.08 bits per heavy atom. The average molecular weight is 500 g/mol. The first kappa shape index (κ1) is 23.4. The molecular formula is C28H22FN3O3S. The number of nitrogens with zero attached hydrogens (tertiary/aromatic N) is 2. The summed E-state index contributed by atoms with van der Waals surface area (Å²) in [6.07, 6.45) is 1.70. The SMILES string of the molecule is COc1cccc([C@@H]2C(C(=O)Nc3ccccc3)=C(C)N=c3s/c(=C\c4ccc(F)cc4)c(=O)n32)c1. The van der Waals surface area contributed by atoms with E-state index in [4.69, 9.17) is 4.74 Å². The Labute approximate surface area is 210 Å². The van der Waals surface area contributed by atoms with E-state index in [-0.39, 0.29) is 17.3 Å². The van der Waals surface area contributed by atoms with Crippen LogP contribution in [0.2, 0.25) is 0 Å². The zero-order valence-electron chi connectivity index (χ0n) is 19.6. The van der Waals surface area contributed by atoms with Crippen molar-refractivity contribution in [2.24, 2.45) is 4.99 Å². The van der Waals surface area contributed by atoms with Gasteiger partial charge in [-0.25, -0.2) is 9.38 Å². The number of benzene rings is 3. The fraction of sp³-hybridized carbons (Fsp3) is 0.107. The number of fused-ring (bicyclic) bond motifs is 1. The molecule has 0 saturated carbocycles. The molecule has 0 unspecified atom stereocenters. The number of para-hydroxylation sites is 1. The lowest BCUT2D eigenvalue weighted by Gasteiger charge is -2.25. The highest BCUT2D eigenvalue weighted by Gasteiger charge is 2.32. The van der Waals surface area contributed by atoms with Crippen molar-refractivity contribution in [3.63, 3.8) is 0 Å². The van der Waals surface area contributed by atoms with E-state index >= 15 is 0 Å². The summed E-state index contributed by atoms with van der Waals surface area (Å²) in [4.78, 5) is 32.3. The summed E-state index contributed by atoms with van der Waals surface area (Å²) in [5, 5.41) is 2.93. The zero-order chi connectivity index (χ0) is 25.2. The molecule has 1 aliphatic heterocycles. The number of methoxy groups -OCH3 is 1. The van der Waals surface area contributed by atoms with Gasteiger partial charge in [0.15, 0.2) is 4.80 Å². The fourth-order valence-corrected chi connectivity index (χ4v) is 5.22. The topological polar surface area (TPSA) is 72.7 Å². The molecular weight excluding hydrogens is 477 g/mol. The van der Waals surface area contributed by atoms with E-state index in [2.05, 4.69) is 10.3 Å². The summed E-state index contributed by atoms with van der Waals surface area (Å²) in [6, 6.07) is 21.6. The van der Waals surface area contributed by atoms with Gasteiger partial charge in [0, 0.05) is 5.69 Å². The molecule has 8 heteroatoms. The maximum Gasteiger partial charge on any atom is 0.271 e. The lowest BCUT2D eigenvalue weighted by atomic mass is 9.95. The molecule has 0 bridgehead atoms.